The summed E-state index contributed by atoms with van der Waals surface area (Å²) in [6.07, 6.45) is 3.44. The van der Waals surface area contributed by atoms with Crippen LogP contribution in [0.25, 0.3) is 0 Å². The zero-order valence-corrected chi connectivity index (χ0v) is 8.94. The highest BCUT2D eigenvalue weighted by atomic mass is 15.0. The molecule has 68 valence electrons. The first-order chi connectivity index (χ1) is 5.13. The van der Waals surface area contributed by atoms with Crippen molar-refractivity contribution in [2.24, 2.45) is 0 Å². The molecule has 0 aliphatic rings. The fourth-order valence-corrected chi connectivity index (χ4v) is 0.611. The van der Waals surface area contributed by atoms with Gasteiger partial charge in [0.1, 0.15) is 0 Å². The first-order valence-corrected chi connectivity index (χ1v) is 4.41. The van der Waals surface area contributed by atoms with E-state index in [0.717, 1.165) is 6.54 Å². The van der Waals surface area contributed by atoms with Crippen LogP contribution in [0.15, 0.2) is 11.6 Å². The number of hydrogen-bond acceptors (Lipinski definition) is 1. The number of rotatable bonds is 3. The van der Waals surface area contributed by atoms with Crippen LogP contribution in [0.1, 0.15) is 34.1 Å². The van der Waals surface area contributed by atoms with Gasteiger partial charge in [0.05, 0.1) is 0 Å². The maximum absolute atomic E-state index is 2.26. The smallest absolute Gasteiger partial charge is 0.000990 e. The van der Waals surface area contributed by atoms with E-state index in [1.807, 2.05) is 13.8 Å². The Morgan fingerprint density at radius 1 is 1.18 bits per heavy atom. The Hall–Kier alpha value is -0.300. The van der Waals surface area contributed by atoms with E-state index in [1.54, 1.807) is 0 Å². The molecule has 0 unspecified atom stereocenters. The monoisotopic (exact) mass is 157 g/mol. The van der Waals surface area contributed by atoms with E-state index in [0.29, 0.717) is 0 Å². The predicted molar refractivity (Wildman–Crippen MR) is 54.0 cm³/mol. The number of nitrogens with zero attached hydrogens (tertiary/aromatic N) is 1. The summed E-state index contributed by atoms with van der Waals surface area (Å²) < 4.78 is 0. The molecule has 1 heteroatoms. The van der Waals surface area contributed by atoms with E-state index >= 15 is 0 Å². The van der Waals surface area contributed by atoms with E-state index < -0.39 is 0 Å². The van der Waals surface area contributed by atoms with Gasteiger partial charge in [-0.1, -0.05) is 25.5 Å². The van der Waals surface area contributed by atoms with Crippen molar-refractivity contribution in [2.45, 2.75) is 34.1 Å². The molecule has 0 fully saturated rings. The summed E-state index contributed by atoms with van der Waals surface area (Å²) in [6, 6.07) is 0. The van der Waals surface area contributed by atoms with Crippen LogP contribution in [-0.2, 0) is 0 Å². The number of hydrogen-bond donors (Lipinski definition) is 0. The normalized spacial score (nSPS) is 8.64. The Bertz CT molecular complexity index is 89.0. The minimum absolute atomic E-state index is 1.16. The van der Waals surface area contributed by atoms with Crippen molar-refractivity contribution in [1.29, 1.82) is 0 Å². The third kappa shape index (κ3) is 17.7. The zero-order chi connectivity index (χ0) is 9.28. The fraction of sp³-hybridized carbons (Fsp3) is 0.800. The Morgan fingerprint density at radius 2 is 1.64 bits per heavy atom. The van der Waals surface area contributed by atoms with E-state index in [-0.39, 0.29) is 0 Å². The second-order valence-corrected chi connectivity index (χ2v) is 2.87. The molecule has 0 radical (unpaired) electrons. The summed E-state index contributed by atoms with van der Waals surface area (Å²) in [5.74, 6) is 0. The highest BCUT2D eigenvalue weighted by Gasteiger charge is 1.84. The minimum atomic E-state index is 1.16. The lowest BCUT2D eigenvalue weighted by Crippen LogP contribution is -2.11. The average molecular weight is 157 g/mol. The lowest BCUT2D eigenvalue weighted by Gasteiger charge is -2.05. The molecule has 0 rings (SSSR count). The first kappa shape index (κ1) is 13.3. The standard InChI is InChI=1S/C8H17N.C2H6/c1-8(2)6-5-7-9(3)4;1-2/h6H,5,7H2,1-4H3;1-2H3. The van der Waals surface area contributed by atoms with E-state index in [2.05, 4.69) is 38.9 Å². The van der Waals surface area contributed by atoms with Gasteiger partial charge in [0, 0.05) is 6.54 Å². The van der Waals surface area contributed by atoms with Crippen molar-refractivity contribution >= 4 is 0 Å². The molecule has 0 N–H and O–H groups in total. The lowest BCUT2D eigenvalue weighted by atomic mass is 10.3. The van der Waals surface area contributed by atoms with Gasteiger partial charge in [0.25, 0.3) is 0 Å². The highest BCUT2D eigenvalue weighted by Crippen LogP contribution is 1.92. The molecule has 1 nitrogen and oxygen atoms in total. The van der Waals surface area contributed by atoms with Crippen LogP contribution in [0, 0.1) is 0 Å². The molecule has 0 aromatic rings. The fourth-order valence-electron chi connectivity index (χ4n) is 0.611. The molecule has 0 aromatic carbocycles. The second-order valence-electron chi connectivity index (χ2n) is 2.87. The average Bonchev–Trinajstić information content (AvgIpc) is 1.90. The van der Waals surface area contributed by atoms with Crippen LogP contribution in [-0.4, -0.2) is 25.5 Å². The summed E-state index contributed by atoms with van der Waals surface area (Å²) in [6.45, 7) is 9.43. The third-order valence-corrected chi connectivity index (χ3v) is 1.13. The van der Waals surface area contributed by atoms with Crippen molar-refractivity contribution in [3.8, 4) is 0 Å². The topological polar surface area (TPSA) is 3.24 Å². The molecular formula is C10H23N. The molecule has 0 saturated carbocycles. The summed E-state index contributed by atoms with van der Waals surface area (Å²) in [5.41, 5.74) is 1.41. The maximum Gasteiger partial charge on any atom is 0.000990 e. The molecule has 0 atom stereocenters. The number of allylic oxidation sites excluding steroid dienone is 1. The van der Waals surface area contributed by atoms with Gasteiger partial charge in [-0.3, -0.25) is 0 Å². The molecule has 0 aliphatic carbocycles. The predicted octanol–water partition coefficient (Wildman–Crippen LogP) is 2.93. The van der Waals surface area contributed by atoms with Gasteiger partial charge in [0.2, 0.25) is 0 Å². The Kier molecular flexibility index (Phi) is 11.7. The Morgan fingerprint density at radius 3 is 1.91 bits per heavy atom. The Balaban J connectivity index is 0. The van der Waals surface area contributed by atoms with E-state index in [1.165, 1.54) is 12.0 Å². The molecule has 0 spiro atoms. The minimum Gasteiger partial charge on any atom is -0.309 e. The van der Waals surface area contributed by atoms with Gasteiger partial charge in [-0.15, -0.1) is 0 Å². The molecule has 0 aliphatic heterocycles. The maximum atomic E-state index is 2.26. The Labute approximate surface area is 72.1 Å². The summed E-state index contributed by atoms with van der Waals surface area (Å²) in [7, 11) is 4.19. The molecule has 11 heavy (non-hydrogen) atoms. The summed E-state index contributed by atoms with van der Waals surface area (Å²) >= 11 is 0. The van der Waals surface area contributed by atoms with Crippen molar-refractivity contribution in [1.82, 2.24) is 4.90 Å². The van der Waals surface area contributed by atoms with Crippen molar-refractivity contribution < 1.29 is 0 Å². The van der Waals surface area contributed by atoms with E-state index in [9.17, 15) is 0 Å². The molecular weight excluding hydrogens is 134 g/mol. The molecule has 0 amide bonds. The largest absolute Gasteiger partial charge is 0.309 e. The van der Waals surface area contributed by atoms with Gasteiger partial charge >= 0.3 is 0 Å². The van der Waals surface area contributed by atoms with Gasteiger partial charge in [-0.2, -0.15) is 0 Å². The van der Waals surface area contributed by atoms with Crippen molar-refractivity contribution in [3.63, 3.8) is 0 Å². The SMILES string of the molecule is CC.CC(C)=CCCN(C)C. The van der Waals surface area contributed by atoms with E-state index in [4.69, 9.17) is 0 Å². The molecule has 0 aromatic heterocycles. The molecule has 0 saturated heterocycles. The second kappa shape index (κ2) is 9.70. The van der Waals surface area contributed by atoms with Crippen LogP contribution in [0.4, 0.5) is 0 Å². The van der Waals surface area contributed by atoms with Gasteiger partial charge < -0.3 is 4.90 Å². The third-order valence-electron chi connectivity index (χ3n) is 1.13. The molecule has 0 bridgehead atoms. The summed E-state index contributed by atoms with van der Waals surface area (Å²) in [5, 5.41) is 0. The lowest BCUT2D eigenvalue weighted by molar-refractivity contribution is 0.417. The van der Waals surface area contributed by atoms with Crippen LogP contribution in [0.2, 0.25) is 0 Å². The first-order valence-electron chi connectivity index (χ1n) is 4.41. The van der Waals surface area contributed by atoms with Gasteiger partial charge in [0.15, 0.2) is 0 Å². The highest BCUT2D eigenvalue weighted by molar-refractivity contribution is 4.92. The van der Waals surface area contributed by atoms with Crippen LogP contribution in [0.3, 0.4) is 0 Å². The van der Waals surface area contributed by atoms with Crippen molar-refractivity contribution in [3.05, 3.63) is 11.6 Å². The molecule has 0 heterocycles. The quantitative estimate of drug-likeness (QED) is 0.569. The zero-order valence-electron chi connectivity index (χ0n) is 8.94. The van der Waals surface area contributed by atoms with Gasteiger partial charge in [-0.05, 0) is 34.4 Å². The van der Waals surface area contributed by atoms with Crippen molar-refractivity contribution in [2.75, 3.05) is 20.6 Å². The van der Waals surface area contributed by atoms with Crippen LogP contribution < -0.4 is 0 Å². The van der Waals surface area contributed by atoms with Gasteiger partial charge in [-0.25, -0.2) is 0 Å². The van der Waals surface area contributed by atoms with Crippen LogP contribution >= 0.6 is 0 Å². The van der Waals surface area contributed by atoms with Crippen LogP contribution in [0.5, 0.6) is 0 Å². The summed E-state index contributed by atoms with van der Waals surface area (Å²) in [4.78, 5) is 2.19.